The standard InChI is InChI=1S/C11H12F2N2O5/c12-11(13,7-16)6-14-10(17)5-20-9-3-1-2-8(4-9)15(18)19/h1-4,16H,5-7H2,(H,14,17). The Morgan fingerprint density at radius 1 is 1.50 bits per heavy atom. The van der Waals surface area contributed by atoms with Crippen LogP contribution >= 0.6 is 0 Å². The van der Waals surface area contributed by atoms with Crippen LogP contribution in [0.5, 0.6) is 5.75 Å². The Hall–Kier alpha value is -2.29. The van der Waals surface area contributed by atoms with E-state index in [0.717, 1.165) is 6.07 Å². The van der Waals surface area contributed by atoms with E-state index in [-0.39, 0.29) is 11.4 Å². The van der Waals surface area contributed by atoms with Crippen LogP contribution in [-0.4, -0.2) is 41.6 Å². The highest BCUT2D eigenvalue weighted by Gasteiger charge is 2.28. The summed E-state index contributed by atoms with van der Waals surface area (Å²) in [6, 6.07) is 5.11. The molecule has 1 rings (SSSR count). The molecule has 20 heavy (non-hydrogen) atoms. The van der Waals surface area contributed by atoms with Crippen LogP contribution in [-0.2, 0) is 4.79 Å². The van der Waals surface area contributed by atoms with Crippen LogP contribution in [0.1, 0.15) is 0 Å². The molecule has 0 aromatic heterocycles. The van der Waals surface area contributed by atoms with Crippen LogP contribution < -0.4 is 10.1 Å². The van der Waals surface area contributed by atoms with Crippen molar-refractivity contribution in [2.45, 2.75) is 5.92 Å². The lowest BCUT2D eigenvalue weighted by Crippen LogP contribution is -2.40. The molecule has 0 bridgehead atoms. The van der Waals surface area contributed by atoms with Crippen molar-refractivity contribution in [2.24, 2.45) is 0 Å². The van der Waals surface area contributed by atoms with Crippen LogP contribution in [0.15, 0.2) is 24.3 Å². The maximum Gasteiger partial charge on any atom is 0.287 e. The zero-order valence-corrected chi connectivity index (χ0v) is 10.2. The molecule has 0 radical (unpaired) electrons. The van der Waals surface area contributed by atoms with E-state index in [1.54, 1.807) is 0 Å². The molecule has 0 fully saturated rings. The lowest BCUT2D eigenvalue weighted by Gasteiger charge is -2.14. The van der Waals surface area contributed by atoms with Gasteiger partial charge in [-0.15, -0.1) is 0 Å². The minimum absolute atomic E-state index is 0.0725. The Bertz CT molecular complexity index is 495. The molecule has 9 heteroatoms. The van der Waals surface area contributed by atoms with Gasteiger partial charge in [-0.05, 0) is 6.07 Å². The lowest BCUT2D eigenvalue weighted by atomic mass is 10.3. The zero-order chi connectivity index (χ0) is 15.2. The number of alkyl halides is 2. The van der Waals surface area contributed by atoms with Crippen LogP contribution in [0.3, 0.4) is 0 Å². The number of aliphatic hydroxyl groups is 1. The first kappa shape index (κ1) is 15.8. The number of benzene rings is 1. The average Bonchev–Trinajstić information content (AvgIpc) is 2.43. The fourth-order valence-electron chi connectivity index (χ4n) is 1.17. The van der Waals surface area contributed by atoms with Gasteiger partial charge in [0.1, 0.15) is 12.4 Å². The molecule has 1 amide bonds. The van der Waals surface area contributed by atoms with Crippen molar-refractivity contribution < 1.29 is 28.3 Å². The predicted octanol–water partition coefficient (Wildman–Crippen LogP) is 0.717. The first-order chi connectivity index (χ1) is 9.34. The molecule has 0 spiro atoms. The number of nitrogens with zero attached hydrogens (tertiary/aromatic N) is 1. The van der Waals surface area contributed by atoms with Gasteiger partial charge < -0.3 is 15.2 Å². The van der Waals surface area contributed by atoms with Crippen molar-refractivity contribution in [3.05, 3.63) is 34.4 Å². The molecule has 110 valence electrons. The summed E-state index contributed by atoms with van der Waals surface area (Å²) in [5, 5.41) is 20.7. The van der Waals surface area contributed by atoms with Gasteiger partial charge in [0.2, 0.25) is 0 Å². The van der Waals surface area contributed by atoms with Gasteiger partial charge in [0, 0.05) is 6.07 Å². The number of ether oxygens (including phenoxy) is 1. The number of carbonyl (C=O) groups is 1. The second-order valence-electron chi connectivity index (χ2n) is 3.83. The highest BCUT2D eigenvalue weighted by Crippen LogP contribution is 2.18. The van der Waals surface area contributed by atoms with E-state index in [2.05, 4.69) is 0 Å². The summed E-state index contributed by atoms with van der Waals surface area (Å²) in [7, 11) is 0. The molecule has 0 aliphatic carbocycles. The Kier molecular flexibility index (Phi) is 5.32. The Morgan fingerprint density at radius 2 is 2.20 bits per heavy atom. The summed E-state index contributed by atoms with van der Waals surface area (Å²) in [5.74, 6) is -4.16. The number of nitrogens with one attached hydrogen (secondary N) is 1. The summed E-state index contributed by atoms with van der Waals surface area (Å²) >= 11 is 0. The molecule has 2 N–H and O–H groups in total. The van der Waals surface area contributed by atoms with Crippen molar-refractivity contribution in [3.8, 4) is 5.75 Å². The number of hydrogen-bond acceptors (Lipinski definition) is 5. The van der Waals surface area contributed by atoms with Gasteiger partial charge in [-0.2, -0.15) is 0 Å². The number of halogens is 2. The average molecular weight is 290 g/mol. The molecular weight excluding hydrogens is 278 g/mol. The fourth-order valence-corrected chi connectivity index (χ4v) is 1.17. The van der Waals surface area contributed by atoms with Crippen molar-refractivity contribution in [3.63, 3.8) is 0 Å². The molecule has 0 saturated heterocycles. The third-order valence-electron chi connectivity index (χ3n) is 2.17. The second kappa shape index (κ2) is 6.75. The highest BCUT2D eigenvalue weighted by molar-refractivity contribution is 5.77. The zero-order valence-electron chi connectivity index (χ0n) is 10.2. The predicted molar refractivity (Wildman–Crippen MR) is 63.6 cm³/mol. The molecule has 1 aromatic carbocycles. The Balaban J connectivity index is 2.45. The van der Waals surface area contributed by atoms with Gasteiger partial charge in [-0.25, -0.2) is 8.78 Å². The minimum atomic E-state index is -3.40. The van der Waals surface area contributed by atoms with Crippen LogP contribution in [0, 0.1) is 10.1 Å². The van der Waals surface area contributed by atoms with E-state index in [4.69, 9.17) is 9.84 Å². The van der Waals surface area contributed by atoms with Crippen LogP contribution in [0.25, 0.3) is 0 Å². The quantitative estimate of drug-likeness (QED) is 0.569. The van der Waals surface area contributed by atoms with E-state index in [1.165, 1.54) is 18.2 Å². The van der Waals surface area contributed by atoms with Gasteiger partial charge >= 0.3 is 0 Å². The molecule has 1 aromatic rings. The maximum absolute atomic E-state index is 12.6. The lowest BCUT2D eigenvalue weighted by molar-refractivity contribution is -0.384. The number of nitro groups is 1. The minimum Gasteiger partial charge on any atom is -0.484 e. The third-order valence-corrected chi connectivity index (χ3v) is 2.17. The molecule has 0 atom stereocenters. The molecule has 7 nitrogen and oxygen atoms in total. The van der Waals surface area contributed by atoms with Gasteiger partial charge in [0.15, 0.2) is 6.61 Å². The number of amides is 1. The number of carbonyl (C=O) groups excluding carboxylic acids is 1. The molecular formula is C11H12F2N2O5. The number of rotatable bonds is 7. The normalized spacial score (nSPS) is 10.9. The van der Waals surface area contributed by atoms with E-state index < -0.39 is 36.5 Å². The summed E-state index contributed by atoms with van der Waals surface area (Å²) in [6.07, 6.45) is 0. The number of hydrogen-bond donors (Lipinski definition) is 2. The molecule has 0 saturated carbocycles. The number of nitro benzene ring substituents is 1. The van der Waals surface area contributed by atoms with Gasteiger partial charge in [-0.1, -0.05) is 6.07 Å². The van der Waals surface area contributed by atoms with E-state index in [9.17, 15) is 23.7 Å². The Morgan fingerprint density at radius 3 is 2.80 bits per heavy atom. The summed E-state index contributed by atoms with van der Waals surface area (Å²) in [6.45, 7) is -2.96. The van der Waals surface area contributed by atoms with Crippen molar-refractivity contribution >= 4 is 11.6 Å². The summed E-state index contributed by atoms with van der Waals surface area (Å²) < 4.78 is 30.2. The smallest absolute Gasteiger partial charge is 0.287 e. The summed E-state index contributed by atoms with van der Waals surface area (Å²) in [4.78, 5) is 21.1. The van der Waals surface area contributed by atoms with Crippen molar-refractivity contribution in [1.82, 2.24) is 5.32 Å². The van der Waals surface area contributed by atoms with E-state index in [0.29, 0.717) is 0 Å². The molecule has 0 aliphatic rings. The number of non-ortho nitro benzene ring substituents is 1. The van der Waals surface area contributed by atoms with Crippen molar-refractivity contribution in [1.29, 1.82) is 0 Å². The molecule has 0 unspecified atom stereocenters. The monoisotopic (exact) mass is 290 g/mol. The first-order valence-corrected chi connectivity index (χ1v) is 5.47. The van der Waals surface area contributed by atoms with E-state index in [1.807, 2.05) is 5.32 Å². The van der Waals surface area contributed by atoms with Gasteiger partial charge in [0.05, 0.1) is 17.5 Å². The summed E-state index contributed by atoms with van der Waals surface area (Å²) in [5.41, 5.74) is -0.213. The topological polar surface area (TPSA) is 102 Å². The third kappa shape index (κ3) is 5.14. The van der Waals surface area contributed by atoms with E-state index >= 15 is 0 Å². The number of aliphatic hydroxyl groups excluding tert-OH is 1. The maximum atomic E-state index is 12.6. The van der Waals surface area contributed by atoms with Crippen LogP contribution in [0.2, 0.25) is 0 Å². The van der Waals surface area contributed by atoms with Crippen LogP contribution in [0.4, 0.5) is 14.5 Å². The SMILES string of the molecule is O=C(COc1cccc([N+](=O)[O-])c1)NCC(F)(F)CO. The van der Waals surface area contributed by atoms with Gasteiger partial charge in [-0.3, -0.25) is 14.9 Å². The van der Waals surface area contributed by atoms with Crippen molar-refractivity contribution in [2.75, 3.05) is 19.8 Å². The first-order valence-electron chi connectivity index (χ1n) is 5.47. The largest absolute Gasteiger partial charge is 0.484 e. The Labute approximate surface area is 112 Å². The highest BCUT2D eigenvalue weighted by atomic mass is 19.3. The molecule has 0 heterocycles. The second-order valence-corrected chi connectivity index (χ2v) is 3.83. The fraction of sp³-hybridized carbons (Fsp3) is 0.364. The van der Waals surface area contributed by atoms with Gasteiger partial charge in [0.25, 0.3) is 17.5 Å². The molecule has 0 aliphatic heterocycles.